The van der Waals surface area contributed by atoms with E-state index in [9.17, 15) is 0 Å². The van der Waals surface area contributed by atoms with Crippen molar-refractivity contribution >= 4 is 12.6 Å². The molecule has 0 aromatic heterocycles. The second-order valence-electron chi connectivity index (χ2n) is 3.34. The summed E-state index contributed by atoms with van der Waals surface area (Å²) in [7, 11) is 0. The highest BCUT2D eigenvalue weighted by Gasteiger charge is 2.04. The molecule has 0 saturated heterocycles. The fourth-order valence-electron chi connectivity index (χ4n) is 1.20. The molecule has 0 aliphatic carbocycles. The molecule has 0 N–H and O–H groups in total. The topological polar surface area (TPSA) is 23.8 Å². The Morgan fingerprint density at radius 1 is 1.46 bits per heavy atom. The average molecular weight is 191 g/mol. The third kappa shape index (κ3) is 2.26. The molecule has 1 aromatic carbocycles. The van der Waals surface area contributed by atoms with E-state index in [-0.39, 0.29) is 0 Å². The van der Waals surface area contributed by atoms with Gasteiger partial charge in [-0.2, -0.15) is 17.9 Å². The van der Waals surface area contributed by atoms with Gasteiger partial charge < -0.3 is 0 Å². The van der Waals surface area contributed by atoms with Gasteiger partial charge >= 0.3 is 0 Å². The molecular formula is C11H13NS. The fraction of sp³-hybridized carbons (Fsp3) is 0.364. The minimum atomic E-state index is 0.473. The molecule has 0 aliphatic heterocycles. The highest BCUT2D eigenvalue weighted by Crippen LogP contribution is 2.19. The van der Waals surface area contributed by atoms with Crippen molar-refractivity contribution in [2.75, 3.05) is 0 Å². The molecular weight excluding hydrogens is 178 g/mol. The Morgan fingerprint density at radius 2 is 2.15 bits per heavy atom. The van der Waals surface area contributed by atoms with Gasteiger partial charge in [-0.1, -0.05) is 26.0 Å². The zero-order valence-electron chi connectivity index (χ0n) is 7.91. The Balaban J connectivity index is 3.15. The number of rotatable bonds is 2. The maximum atomic E-state index is 8.87. The molecule has 0 saturated carbocycles. The summed E-state index contributed by atoms with van der Waals surface area (Å²) >= 11 is 4.17. The predicted octanol–water partition coefficient (Wildman–Crippen LogP) is 3.11. The van der Waals surface area contributed by atoms with E-state index in [2.05, 4.69) is 38.6 Å². The van der Waals surface area contributed by atoms with Crippen LogP contribution in [0.3, 0.4) is 0 Å². The highest BCUT2D eigenvalue weighted by atomic mass is 32.1. The van der Waals surface area contributed by atoms with Crippen LogP contribution in [0.4, 0.5) is 0 Å². The van der Waals surface area contributed by atoms with Crippen LogP contribution in [0.1, 0.15) is 36.5 Å². The number of benzene rings is 1. The molecule has 0 radical (unpaired) electrons. The van der Waals surface area contributed by atoms with Gasteiger partial charge in [0, 0.05) is 5.75 Å². The van der Waals surface area contributed by atoms with Crippen molar-refractivity contribution in [1.82, 2.24) is 0 Å². The molecule has 13 heavy (non-hydrogen) atoms. The second-order valence-corrected chi connectivity index (χ2v) is 3.66. The third-order valence-corrected chi connectivity index (χ3v) is 2.43. The zero-order valence-corrected chi connectivity index (χ0v) is 8.81. The maximum Gasteiger partial charge on any atom is 0.0994 e. The molecule has 0 heterocycles. The normalized spacial score (nSPS) is 10.1. The van der Waals surface area contributed by atoms with Crippen LogP contribution in [-0.2, 0) is 5.75 Å². The van der Waals surface area contributed by atoms with Crippen molar-refractivity contribution in [3.63, 3.8) is 0 Å². The third-order valence-electron chi connectivity index (χ3n) is 2.09. The van der Waals surface area contributed by atoms with Crippen LogP contribution in [0.15, 0.2) is 18.2 Å². The summed E-state index contributed by atoms with van der Waals surface area (Å²) in [6, 6.07) is 8.20. The van der Waals surface area contributed by atoms with Crippen LogP contribution >= 0.6 is 12.6 Å². The molecule has 0 atom stereocenters. The highest BCUT2D eigenvalue weighted by molar-refractivity contribution is 7.79. The molecule has 1 nitrogen and oxygen atoms in total. The summed E-state index contributed by atoms with van der Waals surface area (Å²) in [6.07, 6.45) is 0. The SMILES string of the molecule is CC(C)c1ccc(CS)c(C#N)c1. The molecule has 1 aromatic rings. The monoisotopic (exact) mass is 191 g/mol. The van der Waals surface area contributed by atoms with Crippen molar-refractivity contribution in [3.8, 4) is 6.07 Å². The standard InChI is InChI=1S/C11H13NS/c1-8(2)9-3-4-10(7-13)11(5-9)6-12/h3-5,8,13H,7H2,1-2H3. The number of nitrogens with zero attached hydrogens (tertiary/aromatic N) is 1. The van der Waals surface area contributed by atoms with Gasteiger partial charge in [-0.05, 0) is 23.1 Å². The van der Waals surface area contributed by atoms with Crippen LogP contribution in [0.5, 0.6) is 0 Å². The van der Waals surface area contributed by atoms with Gasteiger partial charge in [0.25, 0.3) is 0 Å². The Labute approximate surface area is 84.8 Å². The molecule has 0 bridgehead atoms. The Bertz CT molecular complexity index is 336. The van der Waals surface area contributed by atoms with Crippen molar-refractivity contribution in [2.45, 2.75) is 25.5 Å². The van der Waals surface area contributed by atoms with E-state index >= 15 is 0 Å². The summed E-state index contributed by atoms with van der Waals surface area (Å²) in [4.78, 5) is 0. The van der Waals surface area contributed by atoms with E-state index in [1.165, 1.54) is 5.56 Å². The van der Waals surface area contributed by atoms with Crippen LogP contribution in [0.25, 0.3) is 0 Å². The van der Waals surface area contributed by atoms with E-state index in [1.54, 1.807) is 0 Å². The largest absolute Gasteiger partial charge is 0.192 e. The van der Waals surface area contributed by atoms with Gasteiger partial charge in [-0.3, -0.25) is 0 Å². The van der Waals surface area contributed by atoms with Gasteiger partial charge in [-0.25, -0.2) is 0 Å². The first-order chi connectivity index (χ1) is 6.19. The van der Waals surface area contributed by atoms with Crippen molar-refractivity contribution in [3.05, 3.63) is 34.9 Å². The Kier molecular flexibility index (Phi) is 3.39. The van der Waals surface area contributed by atoms with Gasteiger partial charge in [0.2, 0.25) is 0 Å². The Hall–Kier alpha value is -0.940. The van der Waals surface area contributed by atoms with Crippen molar-refractivity contribution in [1.29, 1.82) is 5.26 Å². The van der Waals surface area contributed by atoms with Crippen molar-refractivity contribution in [2.24, 2.45) is 0 Å². The predicted molar refractivity (Wildman–Crippen MR) is 57.9 cm³/mol. The van der Waals surface area contributed by atoms with Gasteiger partial charge in [-0.15, -0.1) is 0 Å². The summed E-state index contributed by atoms with van der Waals surface area (Å²) in [5.41, 5.74) is 2.97. The van der Waals surface area contributed by atoms with E-state index in [0.29, 0.717) is 11.7 Å². The van der Waals surface area contributed by atoms with E-state index in [4.69, 9.17) is 5.26 Å². The molecule has 2 heteroatoms. The lowest BCUT2D eigenvalue weighted by atomic mass is 9.98. The smallest absolute Gasteiger partial charge is 0.0994 e. The van der Waals surface area contributed by atoms with Crippen LogP contribution in [0.2, 0.25) is 0 Å². The quantitative estimate of drug-likeness (QED) is 0.713. The van der Waals surface area contributed by atoms with Gasteiger partial charge in [0.05, 0.1) is 11.6 Å². The van der Waals surface area contributed by atoms with Crippen LogP contribution in [-0.4, -0.2) is 0 Å². The second kappa shape index (κ2) is 4.34. The summed E-state index contributed by atoms with van der Waals surface area (Å²) in [5.74, 6) is 1.10. The minimum Gasteiger partial charge on any atom is -0.192 e. The number of thiol groups is 1. The lowest BCUT2D eigenvalue weighted by Gasteiger charge is -2.07. The summed E-state index contributed by atoms with van der Waals surface area (Å²) in [6.45, 7) is 4.24. The lowest BCUT2D eigenvalue weighted by Crippen LogP contribution is -1.92. The van der Waals surface area contributed by atoms with Crippen LogP contribution in [0, 0.1) is 11.3 Å². The van der Waals surface area contributed by atoms with E-state index in [0.717, 1.165) is 11.1 Å². The molecule has 1 rings (SSSR count). The van der Waals surface area contributed by atoms with E-state index < -0.39 is 0 Å². The first kappa shape index (κ1) is 10.1. The number of nitriles is 1. The minimum absolute atomic E-state index is 0.473. The summed E-state index contributed by atoms with van der Waals surface area (Å²) in [5, 5.41) is 8.87. The fourth-order valence-corrected chi connectivity index (χ4v) is 1.47. The van der Waals surface area contributed by atoms with Gasteiger partial charge in [0.1, 0.15) is 0 Å². The van der Waals surface area contributed by atoms with Gasteiger partial charge in [0.15, 0.2) is 0 Å². The molecule has 0 fully saturated rings. The summed E-state index contributed by atoms with van der Waals surface area (Å²) < 4.78 is 0. The Morgan fingerprint density at radius 3 is 2.62 bits per heavy atom. The van der Waals surface area contributed by atoms with Crippen LogP contribution < -0.4 is 0 Å². The lowest BCUT2D eigenvalue weighted by molar-refractivity contribution is 0.865. The molecule has 0 unspecified atom stereocenters. The zero-order chi connectivity index (χ0) is 9.84. The maximum absolute atomic E-state index is 8.87. The number of hydrogen-bond acceptors (Lipinski definition) is 2. The van der Waals surface area contributed by atoms with Crippen molar-refractivity contribution < 1.29 is 0 Å². The first-order valence-electron chi connectivity index (χ1n) is 4.32. The molecule has 0 spiro atoms. The molecule has 0 aliphatic rings. The number of hydrogen-bond donors (Lipinski definition) is 1. The molecule has 0 amide bonds. The molecule has 68 valence electrons. The van der Waals surface area contributed by atoms with E-state index in [1.807, 2.05) is 12.1 Å². The average Bonchev–Trinajstić information content (AvgIpc) is 2.16. The first-order valence-corrected chi connectivity index (χ1v) is 4.96.